The number of esters is 1. The van der Waals surface area contributed by atoms with Crippen LogP contribution >= 0.6 is 0 Å². The van der Waals surface area contributed by atoms with E-state index in [9.17, 15) is 19.2 Å². The first-order valence-corrected chi connectivity index (χ1v) is 12.4. The van der Waals surface area contributed by atoms with Gasteiger partial charge in [-0.1, -0.05) is 66.7 Å². The van der Waals surface area contributed by atoms with Crippen LogP contribution in [0.4, 0.5) is 5.69 Å². The smallest absolute Gasteiger partial charge is 0.329 e. The fourth-order valence-electron chi connectivity index (χ4n) is 6.34. The van der Waals surface area contributed by atoms with Crippen molar-refractivity contribution < 1.29 is 23.9 Å². The number of carbonyl (C=O) groups is 4. The lowest BCUT2D eigenvalue weighted by Crippen LogP contribution is -2.45. The summed E-state index contributed by atoms with van der Waals surface area (Å²) in [5, 5.41) is 2.71. The summed E-state index contributed by atoms with van der Waals surface area (Å²) in [4.78, 5) is 53.8. The topological polar surface area (TPSA) is 92.8 Å². The molecule has 2 bridgehead atoms. The monoisotopic (exact) mass is 494 g/mol. The molecule has 1 N–H and O–H groups in total. The van der Waals surface area contributed by atoms with Gasteiger partial charge < -0.3 is 10.1 Å². The van der Waals surface area contributed by atoms with Gasteiger partial charge in [0, 0.05) is 17.5 Å². The Balaban J connectivity index is 1.22. The van der Waals surface area contributed by atoms with Crippen molar-refractivity contribution in [2.45, 2.75) is 31.7 Å². The van der Waals surface area contributed by atoms with Crippen molar-refractivity contribution >= 4 is 29.4 Å². The van der Waals surface area contributed by atoms with Crippen molar-refractivity contribution in [2.24, 2.45) is 11.8 Å². The third-order valence-electron chi connectivity index (χ3n) is 7.98. The highest BCUT2D eigenvalue weighted by Crippen LogP contribution is 2.61. The maximum Gasteiger partial charge on any atom is 0.329 e. The third-order valence-corrected chi connectivity index (χ3v) is 7.98. The van der Waals surface area contributed by atoms with Crippen LogP contribution in [0.25, 0.3) is 0 Å². The molecule has 37 heavy (non-hydrogen) atoms. The van der Waals surface area contributed by atoms with Crippen LogP contribution < -0.4 is 5.32 Å². The molecule has 0 aromatic heterocycles. The summed E-state index contributed by atoms with van der Waals surface area (Å²) in [5.74, 6) is -3.62. The first kappa shape index (κ1) is 23.2. The number of imide groups is 1. The molecule has 4 aliphatic rings. The quantitative estimate of drug-likeness (QED) is 0.431. The Hall–Kier alpha value is -4.26. The number of ether oxygens (including phenoxy) is 1. The minimum atomic E-state index is -1.14. The van der Waals surface area contributed by atoms with Gasteiger partial charge in [-0.05, 0) is 47.7 Å². The Kier molecular flexibility index (Phi) is 5.44. The lowest BCUT2D eigenvalue weighted by Gasteiger charge is -2.45. The third kappa shape index (κ3) is 3.49. The molecule has 1 aliphatic heterocycles. The maximum atomic E-state index is 13.7. The Morgan fingerprint density at radius 2 is 1.27 bits per heavy atom. The number of para-hydroxylation sites is 1. The highest BCUT2D eigenvalue weighted by molar-refractivity contribution is 6.10. The van der Waals surface area contributed by atoms with E-state index in [1.54, 1.807) is 12.1 Å². The van der Waals surface area contributed by atoms with Gasteiger partial charge in [0.15, 0.2) is 6.61 Å². The van der Waals surface area contributed by atoms with Crippen LogP contribution in [-0.4, -0.2) is 41.2 Å². The lowest BCUT2D eigenvalue weighted by atomic mass is 9.55. The molecule has 0 radical (unpaired) electrons. The van der Waals surface area contributed by atoms with Crippen LogP contribution in [0.3, 0.4) is 0 Å². The zero-order valence-electron chi connectivity index (χ0n) is 20.5. The van der Waals surface area contributed by atoms with Crippen LogP contribution in [0.1, 0.15) is 46.6 Å². The van der Waals surface area contributed by atoms with Gasteiger partial charge in [0.2, 0.25) is 11.8 Å². The van der Waals surface area contributed by atoms with Crippen LogP contribution in [0.15, 0.2) is 72.8 Å². The van der Waals surface area contributed by atoms with Gasteiger partial charge in [0.1, 0.15) is 6.04 Å². The minimum Gasteiger partial charge on any atom is -0.454 e. The largest absolute Gasteiger partial charge is 0.454 e. The Bertz CT molecular complexity index is 1350. The van der Waals surface area contributed by atoms with Gasteiger partial charge in [0.25, 0.3) is 5.91 Å². The Labute approximate surface area is 214 Å². The number of aryl methyl sites for hydroxylation is 1. The number of rotatable bonds is 5. The molecule has 7 heteroatoms. The number of benzene rings is 3. The normalized spacial score (nSPS) is 23.7. The number of hydrogen-bond acceptors (Lipinski definition) is 5. The number of anilines is 1. The van der Waals surface area contributed by atoms with Crippen molar-refractivity contribution in [3.05, 3.63) is 101 Å². The molecule has 7 rings (SSSR count). The average Bonchev–Trinajstić information content (AvgIpc) is 3.18. The fraction of sp³-hybridized carbons (Fsp3) is 0.267. The molecule has 1 fully saturated rings. The molecule has 3 aromatic carbocycles. The summed E-state index contributed by atoms with van der Waals surface area (Å²) in [6, 6.07) is 22.1. The number of carbonyl (C=O) groups excluding carboxylic acids is 4. The van der Waals surface area contributed by atoms with E-state index in [0.29, 0.717) is 5.69 Å². The van der Waals surface area contributed by atoms with Crippen LogP contribution in [-0.2, 0) is 23.9 Å². The molecule has 3 amide bonds. The van der Waals surface area contributed by atoms with E-state index in [4.69, 9.17) is 4.74 Å². The molecule has 0 spiro atoms. The maximum absolute atomic E-state index is 13.7. The van der Waals surface area contributed by atoms with E-state index in [2.05, 4.69) is 5.32 Å². The summed E-state index contributed by atoms with van der Waals surface area (Å²) in [7, 11) is 0. The molecule has 3 aliphatic carbocycles. The first-order chi connectivity index (χ1) is 17.9. The standard InChI is InChI=1S/C30H26N2O5/c1-16-9-3-8-14-22(16)31-23(33)15-37-30(36)17(2)32-28(34)26-24-18-10-4-5-11-19(18)25(27(26)29(32)35)21-13-7-6-12-20(21)24/h3-14,17,24-27H,15H2,1-2H3,(H,31,33)/t17-,24?,25?,26-,27-/m0/s1. The SMILES string of the molecule is Cc1ccccc1NC(=O)COC(=O)[C@H](C)N1C(=O)[C@H]2C3c4ccccc4C(c4ccccc43)[C@@H]2C1=O. The second kappa shape index (κ2) is 8.69. The van der Waals surface area contributed by atoms with Gasteiger partial charge in [-0.2, -0.15) is 0 Å². The molecule has 0 saturated carbocycles. The summed E-state index contributed by atoms with van der Waals surface area (Å²) < 4.78 is 5.24. The molecule has 1 heterocycles. The number of hydrogen-bond donors (Lipinski definition) is 1. The summed E-state index contributed by atoms with van der Waals surface area (Å²) in [5.41, 5.74) is 5.78. The van der Waals surface area contributed by atoms with E-state index in [0.717, 1.165) is 32.7 Å². The molecular formula is C30H26N2O5. The highest BCUT2D eigenvalue weighted by Gasteiger charge is 2.62. The van der Waals surface area contributed by atoms with E-state index in [1.165, 1.54) is 6.92 Å². The zero-order valence-corrected chi connectivity index (χ0v) is 20.5. The predicted octanol–water partition coefficient (Wildman–Crippen LogP) is 3.76. The second-order valence-electron chi connectivity index (χ2n) is 9.96. The number of likely N-dealkylation sites (tertiary alicyclic amines) is 1. The molecular weight excluding hydrogens is 468 g/mol. The Morgan fingerprint density at radius 3 is 1.76 bits per heavy atom. The van der Waals surface area contributed by atoms with Crippen molar-refractivity contribution in [2.75, 3.05) is 11.9 Å². The molecule has 7 nitrogen and oxygen atoms in total. The van der Waals surface area contributed by atoms with Crippen molar-refractivity contribution in [1.82, 2.24) is 4.90 Å². The zero-order chi connectivity index (χ0) is 25.8. The molecule has 3 aromatic rings. The highest BCUT2D eigenvalue weighted by atomic mass is 16.5. The van der Waals surface area contributed by atoms with E-state index in [1.807, 2.05) is 67.6 Å². The van der Waals surface area contributed by atoms with E-state index in [-0.39, 0.29) is 23.7 Å². The van der Waals surface area contributed by atoms with Gasteiger partial charge >= 0.3 is 5.97 Å². The first-order valence-electron chi connectivity index (χ1n) is 12.4. The second-order valence-corrected chi connectivity index (χ2v) is 9.96. The van der Waals surface area contributed by atoms with E-state index < -0.39 is 36.4 Å². The van der Waals surface area contributed by atoms with Gasteiger partial charge in [-0.25, -0.2) is 4.79 Å². The fourth-order valence-corrected chi connectivity index (χ4v) is 6.34. The van der Waals surface area contributed by atoms with Crippen molar-refractivity contribution in [3.63, 3.8) is 0 Å². The van der Waals surface area contributed by atoms with Gasteiger partial charge in [-0.3, -0.25) is 19.3 Å². The molecule has 3 atom stereocenters. The summed E-state index contributed by atoms with van der Waals surface area (Å²) in [6.07, 6.45) is 0. The summed E-state index contributed by atoms with van der Waals surface area (Å²) in [6.45, 7) is 2.83. The number of amides is 3. The van der Waals surface area contributed by atoms with Crippen LogP contribution in [0, 0.1) is 18.8 Å². The predicted molar refractivity (Wildman–Crippen MR) is 136 cm³/mol. The van der Waals surface area contributed by atoms with Crippen molar-refractivity contribution in [1.29, 1.82) is 0 Å². The molecule has 1 saturated heterocycles. The number of nitrogens with zero attached hydrogens (tertiary/aromatic N) is 1. The number of nitrogens with one attached hydrogen (secondary N) is 1. The minimum absolute atomic E-state index is 0.244. The van der Waals surface area contributed by atoms with E-state index >= 15 is 0 Å². The molecule has 186 valence electrons. The van der Waals surface area contributed by atoms with Gasteiger partial charge in [-0.15, -0.1) is 0 Å². The van der Waals surface area contributed by atoms with Crippen LogP contribution in [0.5, 0.6) is 0 Å². The van der Waals surface area contributed by atoms with Crippen molar-refractivity contribution in [3.8, 4) is 0 Å². The Morgan fingerprint density at radius 1 is 0.811 bits per heavy atom. The average molecular weight is 495 g/mol. The van der Waals surface area contributed by atoms with Crippen LogP contribution in [0.2, 0.25) is 0 Å². The molecule has 0 unspecified atom stereocenters. The lowest BCUT2D eigenvalue weighted by molar-refractivity contribution is -0.159. The van der Waals surface area contributed by atoms with Gasteiger partial charge in [0.05, 0.1) is 11.8 Å². The summed E-state index contributed by atoms with van der Waals surface area (Å²) >= 11 is 0.